The predicted molar refractivity (Wildman–Crippen MR) is 149 cm³/mol. The number of H-pyrrole nitrogens is 1. The van der Waals surface area contributed by atoms with E-state index in [9.17, 15) is 17.6 Å². The first-order chi connectivity index (χ1) is 19.6. The van der Waals surface area contributed by atoms with Crippen molar-refractivity contribution in [2.24, 2.45) is 0 Å². The number of nitrogens with zero attached hydrogens (tertiary/aromatic N) is 3. The lowest BCUT2D eigenvalue weighted by molar-refractivity contribution is 0.175. The number of rotatable bonds is 6. The molecule has 0 unspecified atom stereocenters. The van der Waals surface area contributed by atoms with Gasteiger partial charge in [0.1, 0.15) is 36.1 Å². The van der Waals surface area contributed by atoms with Crippen molar-refractivity contribution in [2.45, 2.75) is 31.6 Å². The fourth-order valence-corrected chi connectivity index (χ4v) is 6.04. The largest absolute Gasteiger partial charge is 0.488 e. The number of imidazole rings is 1. The first-order valence-electron chi connectivity index (χ1n) is 12.6. The zero-order valence-corrected chi connectivity index (χ0v) is 23.2. The lowest BCUT2D eigenvalue weighted by Crippen LogP contribution is -2.07. The molecule has 6 rings (SSSR count). The molecule has 1 aliphatic rings. The van der Waals surface area contributed by atoms with Gasteiger partial charge in [0.05, 0.1) is 10.4 Å². The van der Waals surface area contributed by atoms with Gasteiger partial charge in [0.2, 0.25) is 0 Å². The van der Waals surface area contributed by atoms with Crippen molar-refractivity contribution in [1.29, 1.82) is 0 Å². The number of halogens is 1. The molecule has 0 atom stereocenters. The second-order valence-corrected chi connectivity index (χ2v) is 11.8. The van der Waals surface area contributed by atoms with E-state index >= 15 is 0 Å². The summed E-state index contributed by atoms with van der Waals surface area (Å²) in [6.45, 7) is 2.54. The molecule has 3 heterocycles. The van der Waals surface area contributed by atoms with Crippen molar-refractivity contribution >= 4 is 32.0 Å². The molecule has 41 heavy (non-hydrogen) atoms. The summed E-state index contributed by atoms with van der Waals surface area (Å²) in [6, 6.07) is 15.3. The van der Waals surface area contributed by atoms with Gasteiger partial charge in [-0.25, -0.2) is 22.6 Å². The average molecular weight is 577 g/mol. The standard InChI is InChI=1S/C29H25FN4O6S/c1-16(28-32-29(35)40-33-28)26-20-9-7-17(11-18(20)14-39-23-12-19(30)8-10-21(23)26)13-34-22-5-4-6-24(41(3,36)37)27(22)31-25(34)15-38-2/h4-12H,13-15H2,1-3H3,(H,32,33,35). The number of methoxy groups -OCH3 is 1. The van der Waals surface area contributed by atoms with Crippen molar-refractivity contribution in [1.82, 2.24) is 19.7 Å². The van der Waals surface area contributed by atoms with Crippen molar-refractivity contribution in [3.63, 3.8) is 0 Å². The summed E-state index contributed by atoms with van der Waals surface area (Å²) < 4.78 is 57.1. The number of aromatic amines is 1. The maximum absolute atomic E-state index is 14.2. The van der Waals surface area contributed by atoms with Crippen LogP contribution in [0, 0.1) is 5.82 Å². The Hall–Kier alpha value is -4.55. The molecular formula is C29H25FN4O6S. The maximum Gasteiger partial charge on any atom is 0.439 e. The van der Waals surface area contributed by atoms with Crippen LogP contribution in [0.1, 0.15) is 40.8 Å². The number of hydrogen-bond donors (Lipinski definition) is 1. The van der Waals surface area contributed by atoms with Crippen LogP contribution in [0.4, 0.5) is 4.39 Å². The number of allylic oxidation sites excluding steroid dienone is 1. The molecule has 0 fully saturated rings. The highest BCUT2D eigenvalue weighted by atomic mass is 32.2. The van der Waals surface area contributed by atoms with Crippen LogP contribution in [0.2, 0.25) is 0 Å². The fourth-order valence-electron chi connectivity index (χ4n) is 5.21. The SMILES string of the molecule is COCc1nc2c(S(C)(=O)=O)cccc2n1Cc1ccc2c(c1)COc1cc(F)ccc1C2=C(C)c1noc(=O)[nH]1. The molecule has 0 bridgehead atoms. The highest BCUT2D eigenvalue weighted by molar-refractivity contribution is 7.91. The van der Waals surface area contributed by atoms with Crippen LogP contribution in [-0.4, -0.2) is 41.5 Å². The minimum Gasteiger partial charge on any atom is -0.488 e. The van der Waals surface area contributed by atoms with E-state index in [1.807, 2.05) is 28.8 Å². The highest BCUT2D eigenvalue weighted by Gasteiger charge is 2.25. The van der Waals surface area contributed by atoms with Gasteiger partial charge in [-0.15, -0.1) is 0 Å². The molecule has 3 aromatic carbocycles. The predicted octanol–water partition coefficient (Wildman–Crippen LogP) is 4.32. The number of hydrogen-bond acceptors (Lipinski definition) is 8. The van der Waals surface area contributed by atoms with Crippen LogP contribution in [-0.2, 0) is 34.3 Å². The van der Waals surface area contributed by atoms with Gasteiger partial charge < -0.3 is 14.0 Å². The molecule has 0 radical (unpaired) electrons. The normalized spacial score (nSPS) is 14.3. The summed E-state index contributed by atoms with van der Waals surface area (Å²) in [6.07, 6.45) is 1.16. The number of ether oxygens (including phenoxy) is 2. The van der Waals surface area contributed by atoms with Crippen molar-refractivity contribution in [3.05, 3.63) is 105 Å². The number of nitrogens with one attached hydrogen (secondary N) is 1. The molecule has 0 saturated heterocycles. The minimum absolute atomic E-state index is 0.155. The Morgan fingerprint density at radius 1 is 1.15 bits per heavy atom. The molecule has 0 saturated carbocycles. The van der Waals surface area contributed by atoms with E-state index in [-0.39, 0.29) is 23.9 Å². The van der Waals surface area contributed by atoms with Crippen LogP contribution >= 0.6 is 0 Å². The second-order valence-electron chi connectivity index (χ2n) is 9.81. The van der Waals surface area contributed by atoms with E-state index in [1.165, 1.54) is 12.1 Å². The molecular weight excluding hydrogens is 551 g/mol. The average Bonchev–Trinajstić information content (AvgIpc) is 3.47. The van der Waals surface area contributed by atoms with Gasteiger partial charge in [-0.1, -0.05) is 23.4 Å². The molecule has 5 aromatic rings. The number of benzene rings is 3. The third-order valence-corrected chi connectivity index (χ3v) is 8.17. The summed E-state index contributed by atoms with van der Waals surface area (Å²) >= 11 is 0. The van der Waals surface area contributed by atoms with Crippen LogP contribution in [0.25, 0.3) is 22.2 Å². The number of aromatic nitrogens is 4. The van der Waals surface area contributed by atoms with Gasteiger partial charge in [0.25, 0.3) is 0 Å². The van der Waals surface area contributed by atoms with Crippen LogP contribution in [0.3, 0.4) is 0 Å². The topological polar surface area (TPSA) is 129 Å². The second kappa shape index (κ2) is 10.1. The lowest BCUT2D eigenvalue weighted by Gasteiger charge is -2.15. The monoisotopic (exact) mass is 576 g/mol. The lowest BCUT2D eigenvalue weighted by atomic mass is 9.89. The molecule has 0 amide bonds. The number of para-hydroxylation sites is 1. The Morgan fingerprint density at radius 3 is 2.68 bits per heavy atom. The van der Waals surface area contributed by atoms with E-state index in [0.717, 1.165) is 28.5 Å². The van der Waals surface area contributed by atoms with Gasteiger partial charge in [-0.3, -0.25) is 9.51 Å². The van der Waals surface area contributed by atoms with E-state index in [2.05, 4.69) is 15.1 Å². The molecule has 2 aromatic heterocycles. The zero-order valence-electron chi connectivity index (χ0n) is 22.4. The van der Waals surface area contributed by atoms with Crippen LogP contribution < -0.4 is 10.5 Å². The van der Waals surface area contributed by atoms with Gasteiger partial charge in [0.15, 0.2) is 15.7 Å². The van der Waals surface area contributed by atoms with Crippen LogP contribution in [0.5, 0.6) is 5.75 Å². The molecule has 1 aliphatic heterocycles. The Balaban J connectivity index is 1.49. The molecule has 12 heteroatoms. The smallest absolute Gasteiger partial charge is 0.439 e. The van der Waals surface area contributed by atoms with Gasteiger partial charge >= 0.3 is 5.76 Å². The third kappa shape index (κ3) is 4.85. The van der Waals surface area contributed by atoms with E-state index in [1.54, 1.807) is 32.2 Å². The minimum atomic E-state index is -3.50. The van der Waals surface area contributed by atoms with Crippen molar-refractivity contribution in [3.8, 4) is 5.75 Å². The summed E-state index contributed by atoms with van der Waals surface area (Å²) in [5, 5.41) is 3.85. The number of fused-ring (bicyclic) bond motifs is 3. The molecule has 0 aliphatic carbocycles. The number of sulfone groups is 1. The maximum atomic E-state index is 14.2. The highest BCUT2D eigenvalue weighted by Crippen LogP contribution is 2.41. The molecule has 1 N–H and O–H groups in total. The van der Waals surface area contributed by atoms with Gasteiger partial charge in [0, 0.05) is 37.1 Å². The third-order valence-electron chi connectivity index (χ3n) is 7.04. The van der Waals surface area contributed by atoms with E-state index < -0.39 is 21.4 Å². The first kappa shape index (κ1) is 26.7. The molecule has 0 spiro atoms. The Labute approximate surface area is 234 Å². The summed E-state index contributed by atoms with van der Waals surface area (Å²) in [5.74, 6) is 0.0813. The summed E-state index contributed by atoms with van der Waals surface area (Å²) in [4.78, 5) is 19.1. The molecule has 210 valence electrons. The zero-order chi connectivity index (χ0) is 28.9. The van der Waals surface area contributed by atoms with Crippen molar-refractivity contribution < 1.29 is 26.8 Å². The van der Waals surface area contributed by atoms with Crippen LogP contribution in [0.15, 0.2) is 68.8 Å². The summed E-state index contributed by atoms with van der Waals surface area (Å²) in [5.41, 5.74) is 5.60. The molecule has 10 nitrogen and oxygen atoms in total. The Kier molecular flexibility index (Phi) is 6.59. The van der Waals surface area contributed by atoms with Gasteiger partial charge in [-0.05, 0) is 59.5 Å². The van der Waals surface area contributed by atoms with Gasteiger partial charge in [-0.2, -0.15) is 0 Å². The quantitative estimate of drug-likeness (QED) is 0.316. The Bertz CT molecular complexity index is 2020. The summed E-state index contributed by atoms with van der Waals surface area (Å²) in [7, 11) is -1.95. The van der Waals surface area contributed by atoms with E-state index in [0.29, 0.717) is 40.3 Å². The van der Waals surface area contributed by atoms with Crippen molar-refractivity contribution in [2.75, 3.05) is 13.4 Å². The van der Waals surface area contributed by atoms with E-state index in [4.69, 9.17) is 14.0 Å². The fraction of sp³-hybridized carbons (Fsp3) is 0.207. The first-order valence-corrected chi connectivity index (χ1v) is 14.5. The Morgan fingerprint density at radius 2 is 1.95 bits per heavy atom.